The van der Waals surface area contributed by atoms with Crippen molar-refractivity contribution in [2.24, 2.45) is 0 Å². The van der Waals surface area contributed by atoms with E-state index in [0.717, 1.165) is 11.1 Å². The van der Waals surface area contributed by atoms with Crippen molar-refractivity contribution < 1.29 is 4.74 Å². The minimum absolute atomic E-state index is 0.192. The molecule has 0 aromatic heterocycles. The molecule has 0 aliphatic rings. The van der Waals surface area contributed by atoms with Crippen molar-refractivity contribution >= 4 is 29.2 Å². The molecule has 0 heterocycles. The highest BCUT2D eigenvalue weighted by atomic mass is 32.1. The third-order valence-corrected chi connectivity index (χ3v) is 2.62. The van der Waals surface area contributed by atoms with Crippen LogP contribution in [-0.2, 0) is 4.74 Å². The third-order valence-electron chi connectivity index (χ3n) is 2.42. The molecule has 0 aliphatic heterocycles. The van der Waals surface area contributed by atoms with E-state index in [2.05, 4.69) is 12.6 Å². The summed E-state index contributed by atoms with van der Waals surface area (Å²) in [4.78, 5) is 0. The first-order chi connectivity index (χ1) is 8.27. The fraction of sp³-hybridized carbons (Fsp3) is 0.0714. The van der Waals surface area contributed by atoms with Crippen molar-refractivity contribution in [2.45, 2.75) is 6.10 Å². The van der Waals surface area contributed by atoms with E-state index in [0.29, 0.717) is 0 Å². The molecule has 0 radical (unpaired) electrons. The van der Waals surface area contributed by atoms with Gasteiger partial charge in [-0.05, 0) is 23.3 Å². The van der Waals surface area contributed by atoms with Crippen molar-refractivity contribution in [3.63, 3.8) is 0 Å². The van der Waals surface area contributed by atoms with Gasteiger partial charge >= 0.3 is 0 Å². The molecule has 0 spiro atoms. The van der Waals surface area contributed by atoms with Gasteiger partial charge in [0.25, 0.3) is 0 Å². The van der Waals surface area contributed by atoms with Gasteiger partial charge in [-0.1, -0.05) is 73.3 Å². The molecule has 0 saturated heterocycles. The highest BCUT2D eigenvalue weighted by Crippen LogP contribution is 2.26. The number of hydrogen-bond acceptors (Lipinski definition) is 2. The van der Waals surface area contributed by atoms with Crippen molar-refractivity contribution in [1.82, 2.24) is 0 Å². The molecule has 2 rings (SSSR count). The lowest BCUT2D eigenvalue weighted by Gasteiger charge is -2.18. The summed E-state index contributed by atoms with van der Waals surface area (Å²) >= 11 is 8.96. The van der Waals surface area contributed by atoms with Crippen LogP contribution in [0.1, 0.15) is 17.2 Å². The Morgan fingerprint density at radius 2 is 1.29 bits per heavy atom. The molecule has 17 heavy (non-hydrogen) atoms. The van der Waals surface area contributed by atoms with E-state index in [1.807, 2.05) is 60.7 Å². The van der Waals surface area contributed by atoms with Crippen molar-refractivity contribution in [2.75, 3.05) is 0 Å². The van der Waals surface area contributed by atoms with E-state index < -0.39 is 0 Å². The SMILES string of the molecule is S=C(S)OC(c1ccccc1)c1ccccc1. The molecular weight excluding hydrogens is 248 g/mol. The van der Waals surface area contributed by atoms with E-state index in [1.165, 1.54) is 0 Å². The van der Waals surface area contributed by atoms with E-state index in [-0.39, 0.29) is 10.5 Å². The van der Waals surface area contributed by atoms with Gasteiger partial charge in [0.15, 0.2) is 6.10 Å². The van der Waals surface area contributed by atoms with Crippen molar-refractivity contribution in [1.29, 1.82) is 0 Å². The lowest BCUT2D eigenvalue weighted by molar-refractivity contribution is 0.248. The minimum atomic E-state index is -0.192. The van der Waals surface area contributed by atoms with Crippen LogP contribution in [0.25, 0.3) is 0 Å². The molecule has 0 bridgehead atoms. The summed E-state index contributed by atoms with van der Waals surface area (Å²) < 4.78 is 5.87. The quantitative estimate of drug-likeness (QED) is 0.659. The molecule has 0 saturated carbocycles. The summed E-state index contributed by atoms with van der Waals surface area (Å²) in [5, 5.41) is 0. The maximum Gasteiger partial charge on any atom is 0.217 e. The predicted molar refractivity (Wildman–Crippen MR) is 77.4 cm³/mol. The lowest BCUT2D eigenvalue weighted by atomic mass is 10.0. The lowest BCUT2D eigenvalue weighted by Crippen LogP contribution is -2.07. The van der Waals surface area contributed by atoms with Gasteiger partial charge in [0, 0.05) is 0 Å². The van der Waals surface area contributed by atoms with Crippen LogP contribution < -0.4 is 0 Å². The number of thiol groups is 1. The number of thiocarbonyl (C=S) groups is 1. The third kappa shape index (κ3) is 3.32. The average Bonchev–Trinajstić information content (AvgIpc) is 2.38. The van der Waals surface area contributed by atoms with Gasteiger partial charge in [-0.3, -0.25) is 0 Å². The molecule has 0 N–H and O–H groups in total. The maximum atomic E-state index is 5.62. The van der Waals surface area contributed by atoms with Gasteiger partial charge < -0.3 is 4.74 Å². The summed E-state index contributed by atoms with van der Waals surface area (Å²) in [6, 6.07) is 20.0. The molecule has 0 atom stereocenters. The van der Waals surface area contributed by atoms with Crippen LogP contribution in [0.2, 0.25) is 0 Å². The Morgan fingerprint density at radius 1 is 0.882 bits per heavy atom. The van der Waals surface area contributed by atoms with E-state index in [9.17, 15) is 0 Å². The second kappa shape index (κ2) is 5.84. The monoisotopic (exact) mass is 260 g/mol. The predicted octanol–water partition coefficient (Wildman–Crippen LogP) is 4.01. The summed E-state index contributed by atoms with van der Waals surface area (Å²) in [6.07, 6.45) is -0.192. The van der Waals surface area contributed by atoms with E-state index in [4.69, 9.17) is 17.0 Å². The largest absolute Gasteiger partial charge is 0.466 e. The molecule has 3 heteroatoms. The van der Waals surface area contributed by atoms with Crippen LogP contribution in [0.3, 0.4) is 0 Å². The van der Waals surface area contributed by atoms with Crippen LogP contribution in [-0.4, -0.2) is 4.38 Å². The smallest absolute Gasteiger partial charge is 0.217 e. The second-order valence-electron chi connectivity index (χ2n) is 3.59. The molecule has 0 unspecified atom stereocenters. The Hall–Kier alpha value is -1.32. The fourth-order valence-corrected chi connectivity index (χ4v) is 1.89. The van der Waals surface area contributed by atoms with Crippen molar-refractivity contribution in [3.8, 4) is 0 Å². The van der Waals surface area contributed by atoms with E-state index in [1.54, 1.807) is 0 Å². The molecule has 2 aromatic carbocycles. The Balaban J connectivity index is 2.36. The van der Waals surface area contributed by atoms with Gasteiger partial charge in [0.1, 0.15) is 0 Å². The van der Waals surface area contributed by atoms with Crippen molar-refractivity contribution in [3.05, 3.63) is 71.8 Å². The standard InChI is InChI=1S/C14H12OS2/c16-14(17)15-13(11-7-3-1-4-8-11)12-9-5-2-6-10-12/h1-10,13H,(H,16,17). The summed E-state index contributed by atoms with van der Waals surface area (Å²) in [6.45, 7) is 0. The minimum Gasteiger partial charge on any atom is -0.466 e. The maximum absolute atomic E-state index is 5.62. The molecule has 86 valence electrons. The highest BCUT2D eigenvalue weighted by molar-refractivity contribution is 8.10. The molecule has 0 aliphatic carbocycles. The van der Waals surface area contributed by atoms with Gasteiger partial charge in [-0.25, -0.2) is 0 Å². The highest BCUT2D eigenvalue weighted by Gasteiger charge is 2.15. The Kier molecular flexibility index (Phi) is 4.18. The zero-order valence-electron chi connectivity index (χ0n) is 9.11. The first-order valence-corrected chi connectivity index (χ1v) is 6.12. The molecule has 0 amide bonds. The normalized spacial score (nSPS) is 10.2. The van der Waals surface area contributed by atoms with Gasteiger partial charge in [-0.15, -0.1) is 0 Å². The first kappa shape index (κ1) is 12.1. The number of rotatable bonds is 3. The van der Waals surface area contributed by atoms with Crippen LogP contribution in [0.5, 0.6) is 0 Å². The number of hydrogen-bond donors (Lipinski definition) is 1. The average molecular weight is 260 g/mol. The van der Waals surface area contributed by atoms with Crippen LogP contribution in [0, 0.1) is 0 Å². The second-order valence-corrected chi connectivity index (χ2v) is 4.66. The van der Waals surface area contributed by atoms with E-state index >= 15 is 0 Å². The first-order valence-electron chi connectivity index (χ1n) is 5.27. The topological polar surface area (TPSA) is 9.23 Å². The Bertz CT molecular complexity index is 443. The molecular formula is C14H12OS2. The zero-order chi connectivity index (χ0) is 12.1. The van der Waals surface area contributed by atoms with Crippen LogP contribution in [0.4, 0.5) is 0 Å². The summed E-state index contributed by atoms with van der Waals surface area (Å²) in [7, 11) is 0. The Morgan fingerprint density at radius 3 is 1.65 bits per heavy atom. The fourth-order valence-electron chi connectivity index (χ4n) is 1.69. The zero-order valence-corrected chi connectivity index (χ0v) is 10.8. The Labute approximate surface area is 112 Å². The van der Waals surface area contributed by atoms with Crippen LogP contribution >= 0.6 is 24.8 Å². The van der Waals surface area contributed by atoms with Gasteiger partial charge in [0.2, 0.25) is 4.38 Å². The summed E-state index contributed by atoms with van der Waals surface area (Å²) in [5.74, 6) is 0. The summed E-state index contributed by atoms with van der Waals surface area (Å²) in [5.41, 5.74) is 2.13. The molecule has 0 fully saturated rings. The molecule has 1 nitrogen and oxygen atoms in total. The van der Waals surface area contributed by atoms with Gasteiger partial charge in [-0.2, -0.15) is 0 Å². The van der Waals surface area contributed by atoms with Gasteiger partial charge in [0.05, 0.1) is 0 Å². The van der Waals surface area contributed by atoms with Crippen LogP contribution in [0.15, 0.2) is 60.7 Å². The molecule has 2 aromatic rings. The number of benzene rings is 2. The number of ether oxygens (including phenoxy) is 1.